The molecule has 1 amide bonds. The normalized spacial score (nSPS) is 24.3. The molecule has 1 saturated carbocycles. The zero-order valence-electron chi connectivity index (χ0n) is 12.0. The fourth-order valence-electron chi connectivity index (χ4n) is 3.44. The van der Waals surface area contributed by atoms with Gasteiger partial charge in [-0.3, -0.25) is 4.79 Å². The average Bonchev–Trinajstić information content (AvgIpc) is 2.90. The molecule has 3 rings (SSSR count). The molecular formula is C16H24N2OS. The lowest BCUT2D eigenvalue weighted by Crippen LogP contribution is -2.59. The van der Waals surface area contributed by atoms with Gasteiger partial charge in [-0.05, 0) is 62.9 Å². The lowest BCUT2D eigenvalue weighted by Gasteiger charge is -2.48. The summed E-state index contributed by atoms with van der Waals surface area (Å²) >= 11 is 1.78. The highest BCUT2D eigenvalue weighted by molar-refractivity contribution is 7.09. The molecule has 0 radical (unpaired) electrons. The number of carbonyl (C=O) groups is 1. The molecule has 2 heterocycles. The summed E-state index contributed by atoms with van der Waals surface area (Å²) in [5.41, 5.74) is 0.368. The molecule has 2 aliphatic rings. The van der Waals surface area contributed by atoms with Crippen LogP contribution in [-0.4, -0.2) is 24.0 Å². The highest BCUT2D eigenvalue weighted by Gasteiger charge is 2.41. The van der Waals surface area contributed by atoms with Crippen LogP contribution in [0.3, 0.4) is 0 Å². The third kappa shape index (κ3) is 3.41. The first-order valence-corrected chi connectivity index (χ1v) is 8.71. The number of amides is 1. The van der Waals surface area contributed by atoms with Crippen molar-refractivity contribution in [2.24, 2.45) is 0 Å². The Bertz CT molecular complexity index is 439. The second kappa shape index (κ2) is 6.27. The van der Waals surface area contributed by atoms with Crippen LogP contribution in [-0.2, 0) is 11.2 Å². The van der Waals surface area contributed by atoms with E-state index in [0.717, 1.165) is 32.2 Å². The minimum Gasteiger partial charge on any atom is -0.353 e. The van der Waals surface area contributed by atoms with Crippen molar-refractivity contribution in [3.63, 3.8) is 0 Å². The molecule has 1 aliphatic carbocycles. The Morgan fingerprint density at radius 3 is 3.10 bits per heavy atom. The summed E-state index contributed by atoms with van der Waals surface area (Å²) < 4.78 is 0. The first-order chi connectivity index (χ1) is 9.76. The number of thiophene rings is 1. The van der Waals surface area contributed by atoms with E-state index in [2.05, 4.69) is 28.1 Å². The van der Waals surface area contributed by atoms with E-state index in [-0.39, 0.29) is 5.91 Å². The molecule has 2 N–H and O–H groups in total. The van der Waals surface area contributed by atoms with Crippen molar-refractivity contribution in [1.29, 1.82) is 0 Å². The largest absolute Gasteiger partial charge is 0.353 e. The monoisotopic (exact) mass is 292 g/mol. The van der Waals surface area contributed by atoms with E-state index in [1.54, 1.807) is 11.3 Å². The smallest absolute Gasteiger partial charge is 0.220 e. The van der Waals surface area contributed by atoms with Gasteiger partial charge in [0.1, 0.15) is 0 Å². The molecule has 1 spiro atoms. The molecule has 110 valence electrons. The van der Waals surface area contributed by atoms with Crippen molar-refractivity contribution in [2.75, 3.05) is 6.54 Å². The van der Waals surface area contributed by atoms with Gasteiger partial charge in [-0.25, -0.2) is 0 Å². The van der Waals surface area contributed by atoms with Crippen molar-refractivity contribution in [3.05, 3.63) is 22.4 Å². The molecule has 1 atom stereocenters. The van der Waals surface area contributed by atoms with Crippen molar-refractivity contribution < 1.29 is 4.79 Å². The molecule has 1 saturated heterocycles. The van der Waals surface area contributed by atoms with Crippen LogP contribution in [0, 0.1) is 0 Å². The van der Waals surface area contributed by atoms with Gasteiger partial charge < -0.3 is 10.6 Å². The van der Waals surface area contributed by atoms with Crippen LogP contribution in [0.1, 0.15) is 49.8 Å². The summed E-state index contributed by atoms with van der Waals surface area (Å²) in [7, 11) is 0. The molecule has 4 heteroatoms. The minimum atomic E-state index is 0.239. The van der Waals surface area contributed by atoms with E-state index in [1.807, 2.05) is 0 Å². The maximum atomic E-state index is 12.0. The zero-order chi connectivity index (χ0) is 13.8. The van der Waals surface area contributed by atoms with Crippen LogP contribution in [0.5, 0.6) is 0 Å². The number of nitrogens with one attached hydrogen (secondary N) is 2. The highest BCUT2D eigenvalue weighted by Crippen LogP contribution is 2.38. The third-order valence-corrected chi connectivity index (χ3v) is 5.65. The van der Waals surface area contributed by atoms with Crippen LogP contribution >= 0.6 is 11.3 Å². The summed E-state index contributed by atoms with van der Waals surface area (Å²) in [4.78, 5) is 13.4. The van der Waals surface area contributed by atoms with E-state index < -0.39 is 0 Å². The lowest BCUT2D eigenvalue weighted by atomic mass is 9.70. The number of carbonyl (C=O) groups excluding carboxylic acids is 1. The topological polar surface area (TPSA) is 41.1 Å². The fraction of sp³-hybridized carbons (Fsp3) is 0.688. The first kappa shape index (κ1) is 14.1. The van der Waals surface area contributed by atoms with Crippen LogP contribution in [0.4, 0.5) is 0 Å². The van der Waals surface area contributed by atoms with Gasteiger partial charge in [-0.15, -0.1) is 11.3 Å². The Labute approximate surface area is 125 Å². The maximum absolute atomic E-state index is 12.0. The predicted octanol–water partition coefficient (Wildman–Crippen LogP) is 2.86. The van der Waals surface area contributed by atoms with Gasteiger partial charge in [0, 0.05) is 22.9 Å². The molecular weight excluding hydrogens is 268 g/mol. The third-order valence-electron chi connectivity index (χ3n) is 4.71. The van der Waals surface area contributed by atoms with Crippen LogP contribution in [0.2, 0.25) is 0 Å². The predicted molar refractivity (Wildman–Crippen MR) is 83.0 cm³/mol. The Hall–Kier alpha value is -0.870. The van der Waals surface area contributed by atoms with Gasteiger partial charge in [0.2, 0.25) is 5.91 Å². The second-order valence-electron chi connectivity index (χ2n) is 6.25. The van der Waals surface area contributed by atoms with Gasteiger partial charge in [0.25, 0.3) is 0 Å². The average molecular weight is 292 g/mol. The number of rotatable bonds is 5. The Balaban J connectivity index is 1.37. The van der Waals surface area contributed by atoms with Gasteiger partial charge in [0.05, 0.1) is 0 Å². The molecule has 1 unspecified atom stereocenters. The Kier molecular flexibility index (Phi) is 4.41. The Morgan fingerprint density at radius 2 is 2.40 bits per heavy atom. The summed E-state index contributed by atoms with van der Waals surface area (Å²) in [6.07, 6.45) is 8.78. The Morgan fingerprint density at radius 1 is 1.50 bits per heavy atom. The van der Waals surface area contributed by atoms with Crippen molar-refractivity contribution in [2.45, 2.75) is 62.9 Å². The van der Waals surface area contributed by atoms with Crippen molar-refractivity contribution >= 4 is 17.2 Å². The van der Waals surface area contributed by atoms with Crippen LogP contribution in [0.25, 0.3) is 0 Å². The summed E-state index contributed by atoms with van der Waals surface area (Å²) in [6, 6.07) is 4.62. The van der Waals surface area contributed by atoms with E-state index in [0.29, 0.717) is 18.0 Å². The van der Waals surface area contributed by atoms with E-state index >= 15 is 0 Å². The minimum absolute atomic E-state index is 0.239. The van der Waals surface area contributed by atoms with Gasteiger partial charge >= 0.3 is 0 Å². The van der Waals surface area contributed by atoms with Gasteiger partial charge in [0.15, 0.2) is 0 Å². The zero-order valence-corrected chi connectivity index (χ0v) is 12.8. The SMILES string of the molecule is O=C(CCCc1cccs1)NC1CCNC2(CCC2)C1. The molecule has 1 aromatic rings. The quantitative estimate of drug-likeness (QED) is 0.876. The lowest BCUT2D eigenvalue weighted by molar-refractivity contribution is -0.122. The van der Waals surface area contributed by atoms with Gasteiger partial charge in [-0.1, -0.05) is 6.07 Å². The maximum Gasteiger partial charge on any atom is 0.220 e. The molecule has 1 aromatic heterocycles. The second-order valence-corrected chi connectivity index (χ2v) is 7.28. The van der Waals surface area contributed by atoms with E-state index in [4.69, 9.17) is 0 Å². The molecule has 20 heavy (non-hydrogen) atoms. The summed E-state index contributed by atoms with van der Waals surface area (Å²) in [5.74, 6) is 0.239. The summed E-state index contributed by atoms with van der Waals surface area (Å²) in [6.45, 7) is 1.06. The highest BCUT2D eigenvalue weighted by atomic mass is 32.1. The number of hydrogen-bond acceptors (Lipinski definition) is 3. The molecule has 3 nitrogen and oxygen atoms in total. The number of hydrogen-bond donors (Lipinski definition) is 2. The van der Waals surface area contributed by atoms with Gasteiger partial charge in [-0.2, -0.15) is 0 Å². The standard InChI is InChI=1S/C16H24N2OS/c19-15(6-1-4-14-5-2-11-20-14)18-13-7-10-17-16(12-13)8-3-9-16/h2,5,11,13,17H,1,3-4,6-10,12H2,(H,18,19). The van der Waals surface area contributed by atoms with Crippen molar-refractivity contribution in [3.8, 4) is 0 Å². The van der Waals surface area contributed by atoms with Crippen LogP contribution in [0.15, 0.2) is 17.5 Å². The fourth-order valence-corrected chi connectivity index (χ4v) is 4.19. The molecule has 0 bridgehead atoms. The van der Waals surface area contributed by atoms with E-state index in [9.17, 15) is 4.79 Å². The molecule has 0 aromatic carbocycles. The first-order valence-electron chi connectivity index (χ1n) is 7.83. The molecule has 2 fully saturated rings. The van der Waals surface area contributed by atoms with Crippen LogP contribution < -0.4 is 10.6 Å². The number of aryl methyl sites for hydroxylation is 1. The number of piperidine rings is 1. The van der Waals surface area contributed by atoms with Crippen molar-refractivity contribution in [1.82, 2.24) is 10.6 Å². The molecule has 1 aliphatic heterocycles. The summed E-state index contributed by atoms with van der Waals surface area (Å²) in [5, 5.41) is 8.99. The van der Waals surface area contributed by atoms with E-state index in [1.165, 1.54) is 24.1 Å².